The average molecular weight is 219 g/mol. The lowest BCUT2D eigenvalue weighted by Gasteiger charge is -2.33. The Morgan fingerprint density at radius 1 is 1.36 bits per heavy atom. The van der Waals surface area contributed by atoms with Crippen molar-refractivity contribution in [3.8, 4) is 0 Å². The van der Waals surface area contributed by atoms with Gasteiger partial charge in [0.25, 0.3) is 0 Å². The van der Waals surface area contributed by atoms with Gasteiger partial charge in [0.1, 0.15) is 0 Å². The Morgan fingerprint density at radius 3 is 2.43 bits per heavy atom. The number of hydrogen-bond donors (Lipinski definition) is 1. The molecule has 0 aromatic carbocycles. The minimum absolute atomic E-state index is 0.114. The third-order valence-corrected chi connectivity index (χ3v) is 4.93. The molecule has 3 atom stereocenters. The molecule has 3 unspecified atom stereocenters. The molecule has 0 bridgehead atoms. The van der Waals surface area contributed by atoms with E-state index in [9.17, 15) is 8.42 Å². The molecular formula is C10H21NO2S. The van der Waals surface area contributed by atoms with Crippen molar-refractivity contribution in [3.05, 3.63) is 0 Å². The van der Waals surface area contributed by atoms with Crippen LogP contribution in [-0.4, -0.2) is 32.5 Å². The first kappa shape index (κ1) is 12.0. The fourth-order valence-electron chi connectivity index (χ4n) is 2.48. The summed E-state index contributed by atoms with van der Waals surface area (Å²) >= 11 is 0. The van der Waals surface area contributed by atoms with Gasteiger partial charge in [-0.2, -0.15) is 0 Å². The van der Waals surface area contributed by atoms with Crippen LogP contribution in [0.25, 0.3) is 0 Å². The molecule has 0 heterocycles. The van der Waals surface area contributed by atoms with Crippen molar-refractivity contribution < 1.29 is 8.42 Å². The van der Waals surface area contributed by atoms with E-state index in [1.54, 1.807) is 0 Å². The van der Waals surface area contributed by atoms with Crippen molar-refractivity contribution in [1.82, 2.24) is 5.32 Å². The van der Waals surface area contributed by atoms with E-state index in [2.05, 4.69) is 19.2 Å². The van der Waals surface area contributed by atoms with E-state index in [1.807, 2.05) is 0 Å². The summed E-state index contributed by atoms with van der Waals surface area (Å²) in [5, 5.41) is 3.28. The minimum Gasteiger partial charge on any atom is -0.314 e. The summed E-state index contributed by atoms with van der Waals surface area (Å²) in [5.74, 6) is 0.294. The first-order valence-electron chi connectivity index (χ1n) is 5.37. The van der Waals surface area contributed by atoms with Crippen molar-refractivity contribution in [2.45, 2.75) is 44.4 Å². The Kier molecular flexibility index (Phi) is 3.95. The summed E-state index contributed by atoms with van der Waals surface area (Å²) in [6, 6.07) is 0.521. The SMILES string of the molecule is CCNC1CCC(S(C)(=O)=O)C(C)C1. The highest BCUT2D eigenvalue weighted by molar-refractivity contribution is 7.91. The quantitative estimate of drug-likeness (QED) is 0.776. The molecule has 0 amide bonds. The predicted octanol–water partition coefficient (Wildman–Crippen LogP) is 1.20. The fraction of sp³-hybridized carbons (Fsp3) is 1.00. The lowest BCUT2D eigenvalue weighted by atomic mass is 9.86. The molecule has 1 saturated carbocycles. The van der Waals surface area contributed by atoms with Crippen LogP contribution in [0.4, 0.5) is 0 Å². The molecule has 3 nitrogen and oxygen atoms in total. The summed E-state index contributed by atoms with van der Waals surface area (Å²) in [4.78, 5) is 0. The summed E-state index contributed by atoms with van der Waals surface area (Å²) in [6.45, 7) is 5.11. The van der Waals surface area contributed by atoms with E-state index in [-0.39, 0.29) is 5.25 Å². The Morgan fingerprint density at radius 2 is 2.00 bits per heavy atom. The second-order valence-electron chi connectivity index (χ2n) is 4.41. The lowest BCUT2D eigenvalue weighted by Crippen LogP contribution is -2.41. The summed E-state index contributed by atoms with van der Waals surface area (Å²) in [7, 11) is -2.84. The molecule has 0 saturated heterocycles. The molecule has 1 aliphatic carbocycles. The van der Waals surface area contributed by atoms with Crippen molar-refractivity contribution in [2.75, 3.05) is 12.8 Å². The van der Waals surface area contributed by atoms with Crippen molar-refractivity contribution >= 4 is 9.84 Å². The lowest BCUT2D eigenvalue weighted by molar-refractivity contribution is 0.306. The van der Waals surface area contributed by atoms with Gasteiger partial charge < -0.3 is 5.32 Å². The monoisotopic (exact) mass is 219 g/mol. The van der Waals surface area contributed by atoms with Gasteiger partial charge in [0.15, 0.2) is 9.84 Å². The molecule has 0 aromatic rings. The zero-order chi connectivity index (χ0) is 10.8. The predicted molar refractivity (Wildman–Crippen MR) is 59.1 cm³/mol. The van der Waals surface area contributed by atoms with Crippen LogP contribution in [0.2, 0.25) is 0 Å². The van der Waals surface area contributed by atoms with Crippen LogP contribution in [0, 0.1) is 5.92 Å². The van der Waals surface area contributed by atoms with Crippen molar-refractivity contribution in [1.29, 1.82) is 0 Å². The molecule has 0 spiro atoms. The summed E-state index contributed by atoms with van der Waals surface area (Å²) in [5.41, 5.74) is 0. The third-order valence-electron chi connectivity index (χ3n) is 3.13. The van der Waals surface area contributed by atoms with Crippen LogP contribution < -0.4 is 5.32 Å². The van der Waals surface area contributed by atoms with E-state index in [0.717, 1.165) is 25.8 Å². The van der Waals surface area contributed by atoms with E-state index >= 15 is 0 Å². The standard InChI is InChI=1S/C10H21NO2S/c1-4-11-9-5-6-10(8(2)7-9)14(3,12)13/h8-11H,4-7H2,1-3H3. The Hall–Kier alpha value is -0.0900. The maximum absolute atomic E-state index is 11.4. The van der Waals surface area contributed by atoms with E-state index in [0.29, 0.717) is 12.0 Å². The smallest absolute Gasteiger partial charge is 0.150 e. The zero-order valence-electron chi connectivity index (χ0n) is 9.29. The molecule has 0 aliphatic heterocycles. The van der Waals surface area contributed by atoms with E-state index in [4.69, 9.17) is 0 Å². The number of nitrogens with one attached hydrogen (secondary N) is 1. The molecule has 1 rings (SSSR count). The zero-order valence-corrected chi connectivity index (χ0v) is 10.1. The molecular weight excluding hydrogens is 198 g/mol. The minimum atomic E-state index is -2.84. The fourth-order valence-corrected chi connectivity index (χ4v) is 4.00. The number of sulfone groups is 1. The van der Waals surface area contributed by atoms with Gasteiger partial charge in [-0.15, -0.1) is 0 Å². The van der Waals surface area contributed by atoms with Crippen LogP contribution in [0.1, 0.15) is 33.1 Å². The van der Waals surface area contributed by atoms with Gasteiger partial charge in [0.05, 0.1) is 5.25 Å². The molecule has 1 fully saturated rings. The van der Waals surface area contributed by atoms with E-state index in [1.165, 1.54) is 6.26 Å². The van der Waals surface area contributed by atoms with Gasteiger partial charge in [0, 0.05) is 12.3 Å². The van der Waals surface area contributed by atoms with Gasteiger partial charge in [-0.05, 0) is 31.7 Å². The van der Waals surface area contributed by atoms with Gasteiger partial charge in [-0.25, -0.2) is 8.42 Å². The molecule has 0 radical (unpaired) electrons. The maximum Gasteiger partial charge on any atom is 0.150 e. The summed E-state index contributed by atoms with van der Waals surface area (Å²) in [6.07, 6.45) is 4.17. The second kappa shape index (κ2) is 4.62. The largest absolute Gasteiger partial charge is 0.314 e. The first-order chi connectivity index (χ1) is 6.45. The number of rotatable bonds is 3. The summed E-state index contributed by atoms with van der Waals surface area (Å²) < 4.78 is 22.9. The topological polar surface area (TPSA) is 46.2 Å². The highest BCUT2D eigenvalue weighted by atomic mass is 32.2. The van der Waals surface area contributed by atoms with Crippen LogP contribution in [0.3, 0.4) is 0 Å². The van der Waals surface area contributed by atoms with Gasteiger partial charge in [-0.3, -0.25) is 0 Å². The van der Waals surface area contributed by atoms with Crippen LogP contribution in [0.5, 0.6) is 0 Å². The second-order valence-corrected chi connectivity index (χ2v) is 6.68. The molecule has 1 N–H and O–H groups in total. The molecule has 4 heteroatoms. The highest BCUT2D eigenvalue weighted by Gasteiger charge is 2.33. The maximum atomic E-state index is 11.4. The van der Waals surface area contributed by atoms with Crippen LogP contribution in [-0.2, 0) is 9.84 Å². The third kappa shape index (κ3) is 2.95. The van der Waals surface area contributed by atoms with Crippen LogP contribution in [0.15, 0.2) is 0 Å². The molecule has 0 aromatic heterocycles. The Bertz CT molecular complexity index is 274. The average Bonchev–Trinajstić information content (AvgIpc) is 2.02. The Labute approximate surface area is 87.2 Å². The first-order valence-corrected chi connectivity index (χ1v) is 7.32. The van der Waals surface area contributed by atoms with E-state index < -0.39 is 9.84 Å². The van der Waals surface area contributed by atoms with Gasteiger partial charge in [0.2, 0.25) is 0 Å². The van der Waals surface area contributed by atoms with Gasteiger partial charge >= 0.3 is 0 Å². The molecule has 84 valence electrons. The Balaban J connectivity index is 2.56. The van der Waals surface area contributed by atoms with Gasteiger partial charge in [-0.1, -0.05) is 13.8 Å². The highest BCUT2D eigenvalue weighted by Crippen LogP contribution is 2.29. The van der Waals surface area contributed by atoms with Crippen LogP contribution >= 0.6 is 0 Å². The normalized spacial score (nSPS) is 34.4. The van der Waals surface area contributed by atoms with Crippen molar-refractivity contribution in [2.24, 2.45) is 5.92 Å². The number of hydrogen-bond acceptors (Lipinski definition) is 3. The molecule has 1 aliphatic rings. The molecule has 14 heavy (non-hydrogen) atoms. The van der Waals surface area contributed by atoms with Crippen molar-refractivity contribution in [3.63, 3.8) is 0 Å².